The molecule has 0 bridgehead atoms. The zero-order valence-electron chi connectivity index (χ0n) is 14.7. The van der Waals surface area contributed by atoms with Crippen molar-refractivity contribution in [1.29, 1.82) is 0 Å². The van der Waals surface area contributed by atoms with Crippen molar-refractivity contribution in [3.63, 3.8) is 0 Å². The summed E-state index contributed by atoms with van der Waals surface area (Å²) in [6.45, 7) is 1.41. The van der Waals surface area contributed by atoms with E-state index in [0.717, 1.165) is 12.1 Å². The molecule has 1 heterocycles. The van der Waals surface area contributed by atoms with E-state index in [1.165, 1.54) is 29.8 Å². The molecule has 0 saturated carbocycles. The first kappa shape index (κ1) is 21.1. The Bertz CT molecular complexity index is 1160. The molecule has 6 nitrogen and oxygen atoms in total. The van der Waals surface area contributed by atoms with Crippen LogP contribution in [0.3, 0.4) is 0 Å². The number of aromatic nitrogens is 3. The van der Waals surface area contributed by atoms with Gasteiger partial charge in [0.05, 0.1) is 22.7 Å². The molecule has 0 amide bonds. The second-order valence-corrected chi connectivity index (χ2v) is 8.10. The van der Waals surface area contributed by atoms with Gasteiger partial charge in [-0.3, -0.25) is 4.72 Å². The summed E-state index contributed by atoms with van der Waals surface area (Å²) in [4.78, 5) is -1.00. The Morgan fingerprint density at radius 2 is 1.86 bits per heavy atom. The van der Waals surface area contributed by atoms with Gasteiger partial charge in [-0.15, -0.1) is 5.10 Å². The summed E-state index contributed by atoms with van der Waals surface area (Å²) in [7, 11) is -4.65. The van der Waals surface area contributed by atoms with Gasteiger partial charge < -0.3 is 0 Å². The van der Waals surface area contributed by atoms with Gasteiger partial charge in [-0.2, -0.15) is 13.2 Å². The van der Waals surface area contributed by atoms with Crippen molar-refractivity contribution in [2.24, 2.45) is 0 Å². The van der Waals surface area contributed by atoms with Crippen LogP contribution in [0.4, 0.5) is 23.4 Å². The van der Waals surface area contributed by atoms with Gasteiger partial charge in [-0.25, -0.2) is 17.5 Å². The molecule has 3 rings (SSSR count). The van der Waals surface area contributed by atoms with E-state index in [-0.39, 0.29) is 28.6 Å². The van der Waals surface area contributed by atoms with Crippen molar-refractivity contribution in [2.75, 3.05) is 4.72 Å². The molecule has 2 aromatic carbocycles. The Morgan fingerprint density at radius 1 is 1.17 bits per heavy atom. The lowest BCUT2D eigenvalue weighted by Gasteiger charge is -2.14. The third-order valence-corrected chi connectivity index (χ3v) is 5.66. The van der Waals surface area contributed by atoms with E-state index in [0.29, 0.717) is 6.07 Å². The van der Waals surface area contributed by atoms with Crippen LogP contribution in [0.5, 0.6) is 0 Å². The molecule has 0 radical (unpaired) electrons. The molecule has 0 unspecified atom stereocenters. The summed E-state index contributed by atoms with van der Waals surface area (Å²) in [5.74, 6) is -0.759. The minimum atomic E-state index is -4.94. The highest BCUT2D eigenvalue weighted by Crippen LogP contribution is 2.36. The van der Waals surface area contributed by atoms with E-state index in [1.54, 1.807) is 6.07 Å². The van der Waals surface area contributed by atoms with Crippen molar-refractivity contribution >= 4 is 27.4 Å². The van der Waals surface area contributed by atoms with Crippen LogP contribution in [0.2, 0.25) is 5.02 Å². The van der Waals surface area contributed by atoms with E-state index in [2.05, 4.69) is 10.3 Å². The third-order valence-electron chi connectivity index (χ3n) is 4.03. The van der Waals surface area contributed by atoms with E-state index >= 15 is 0 Å². The Balaban J connectivity index is 1.93. The quantitative estimate of drug-likeness (QED) is 0.592. The number of sulfonamides is 1. The number of anilines is 1. The SMILES string of the molecule is Cc1c(NS(=O)(=O)c2ccc(Cl)cc2C(F)(F)F)nnn1Cc1ccccc1F. The van der Waals surface area contributed by atoms with Crippen LogP contribution < -0.4 is 4.72 Å². The average Bonchev–Trinajstić information content (AvgIpc) is 2.95. The molecular formula is C17H13ClF4N4O2S. The molecule has 0 saturated heterocycles. The molecule has 0 aliphatic heterocycles. The first-order chi connectivity index (χ1) is 13.5. The molecule has 29 heavy (non-hydrogen) atoms. The van der Waals surface area contributed by atoms with Crippen LogP contribution in [0, 0.1) is 12.7 Å². The smallest absolute Gasteiger partial charge is 0.260 e. The predicted molar refractivity (Wildman–Crippen MR) is 97.5 cm³/mol. The number of nitrogens with zero attached hydrogens (tertiary/aromatic N) is 3. The Morgan fingerprint density at radius 3 is 2.52 bits per heavy atom. The van der Waals surface area contributed by atoms with Crippen molar-refractivity contribution in [3.05, 3.63) is 70.1 Å². The van der Waals surface area contributed by atoms with Gasteiger partial charge >= 0.3 is 6.18 Å². The standard InChI is InChI=1S/C17H13ClF4N4O2S/c1-10-16(23-25-26(10)9-11-4-2-3-5-14(11)19)24-29(27,28)15-7-6-12(18)8-13(15)17(20,21)22/h2-8,24H,9H2,1H3. The van der Waals surface area contributed by atoms with Crippen molar-refractivity contribution in [2.45, 2.75) is 24.5 Å². The minimum absolute atomic E-state index is 0.0397. The molecule has 0 atom stereocenters. The lowest BCUT2D eigenvalue weighted by Crippen LogP contribution is -2.19. The van der Waals surface area contributed by atoms with Crippen LogP contribution in [0.25, 0.3) is 0 Å². The van der Waals surface area contributed by atoms with Crippen LogP contribution in [-0.2, 0) is 22.7 Å². The minimum Gasteiger partial charge on any atom is -0.260 e. The van der Waals surface area contributed by atoms with Gasteiger partial charge in [0.1, 0.15) is 5.82 Å². The topological polar surface area (TPSA) is 76.9 Å². The highest BCUT2D eigenvalue weighted by molar-refractivity contribution is 7.92. The Hall–Kier alpha value is -2.66. The lowest BCUT2D eigenvalue weighted by atomic mass is 10.2. The van der Waals surface area contributed by atoms with Crippen LogP contribution in [0.15, 0.2) is 47.4 Å². The Labute approximate surface area is 168 Å². The van der Waals surface area contributed by atoms with E-state index in [4.69, 9.17) is 11.6 Å². The fourth-order valence-corrected chi connectivity index (χ4v) is 3.97. The van der Waals surface area contributed by atoms with Gasteiger partial charge in [0.15, 0.2) is 5.82 Å². The number of alkyl halides is 3. The first-order valence-corrected chi connectivity index (χ1v) is 9.88. The Kier molecular flexibility index (Phi) is 5.54. The van der Waals surface area contributed by atoms with E-state index in [9.17, 15) is 26.0 Å². The predicted octanol–water partition coefficient (Wildman–Crippen LogP) is 4.25. The fraction of sp³-hybridized carbons (Fsp3) is 0.176. The molecule has 1 aromatic heterocycles. The number of nitrogens with one attached hydrogen (secondary N) is 1. The number of halogens is 5. The second-order valence-electron chi connectivity index (χ2n) is 6.02. The molecule has 0 fully saturated rings. The van der Waals surface area contributed by atoms with Crippen molar-refractivity contribution in [3.8, 4) is 0 Å². The highest BCUT2D eigenvalue weighted by Gasteiger charge is 2.38. The van der Waals surface area contributed by atoms with Crippen molar-refractivity contribution < 1.29 is 26.0 Å². The largest absolute Gasteiger partial charge is 0.417 e. The molecular weight excluding hydrogens is 436 g/mol. The van der Waals surface area contributed by atoms with Gasteiger partial charge in [0.2, 0.25) is 0 Å². The molecule has 0 aliphatic carbocycles. The summed E-state index contributed by atoms with van der Waals surface area (Å²) in [5, 5.41) is 7.14. The highest BCUT2D eigenvalue weighted by atomic mass is 35.5. The van der Waals surface area contributed by atoms with E-state index < -0.39 is 32.5 Å². The monoisotopic (exact) mass is 448 g/mol. The maximum atomic E-state index is 13.8. The fourth-order valence-electron chi connectivity index (χ4n) is 2.53. The zero-order chi connectivity index (χ0) is 21.4. The lowest BCUT2D eigenvalue weighted by molar-refractivity contribution is -0.139. The normalized spacial score (nSPS) is 12.2. The van der Waals surface area contributed by atoms with E-state index in [1.807, 2.05) is 4.72 Å². The molecule has 1 N–H and O–H groups in total. The van der Waals surface area contributed by atoms with Gasteiger partial charge in [-0.05, 0) is 31.2 Å². The summed E-state index contributed by atoms with van der Waals surface area (Å²) in [6, 6.07) is 8.22. The second kappa shape index (κ2) is 7.64. The number of rotatable bonds is 5. The van der Waals surface area contributed by atoms with Crippen LogP contribution in [-0.4, -0.2) is 23.4 Å². The molecule has 154 valence electrons. The number of benzene rings is 2. The summed E-state index contributed by atoms with van der Waals surface area (Å²) >= 11 is 5.58. The third kappa shape index (κ3) is 4.51. The molecule has 0 aliphatic rings. The first-order valence-electron chi connectivity index (χ1n) is 8.02. The number of hydrogen-bond donors (Lipinski definition) is 1. The molecule has 3 aromatic rings. The summed E-state index contributed by atoms with van der Waals surface area (Å²) in [6.07, 6.45) is -4.94. The van der Waals surface area contributed by atoms with Crippen molar-refractivity contribution in [1.82, 2.24) is 15.0 Å². The van der Waals surface area contributed by atoms with Crippen LogP contribution >= 0.6 is 11.6 Å². The van der Waals surface area contributed by atoms with Gasteiger partial charge in [0, 0.05) is 10.6 Å². The van der Waals surface area contributed by atoms with Crippen LogP contribution in [0.1, 0.15) is 16.8 Å². The average molecular weight is 449 g/mol. The maximum Gasteiger partial charge on any atom is 0.417 e. The summed E-state index contributed by atoms with van der Waals surface area (Å²) < 4.78 is 81.9. The maximum absolute atomic E-state index is 13.8. The molecule has 0 spiro atoms. The van der Waals surface area contributed by atoms with Gasteiger partial charge in [0.25, 0.3) is 10.0 Å². The summed E-state index contributed by atoms with van der Waals surface area (Å²) in [5.41, 5.74) is -0.930. The van der Waals surface area contributed by atoms with Gasteiger partial charge in [-0.1, -0.05) is 35.0 Å². The number of hydrogen-bond acceptors (Lipinski definition) is 4. The molecule has 12 heteroatoms. The zero-order valence-corrected chi connectivity index (χ0v) is 16.3.